The summed E-state index contributed by atoms with van der Waals surface area (Å²) < 4.78 is 0. The standard InChI is InChI=1S/C15H21N3O2/c16-10-14(19)17-12-8-4-5-9-13(12)18-15(20)11-6-2-1-3-7-11/h4-5,8-9,11H,1-3,6-7,10,16H2,(H,17,19)(H,18,20). The van der Waals surface area contributed by atoms with Gasteiger partial charge in [0.1, 0.15) is 0 Å². The molecule has 5 heteroatoms. The van der Waals surface area contributed by atoms with Gasteiger partial charge in [0, 0.05) is 5.92 Å². The number of rotatable bonds is 4. The van der Waals surface area contributed by atoms with Crippen LogP contribution in [0.25, 0.3) is 0 Å². The Balaban J connectivity index is 2.04. The summed E-state index contributed by atoms with van der Waals surface area (Å²) in [5.41, 5.74) is 6.51. The lowest BCUT2D eigenvalue weighted by Gasteiger charge is -2.21. The molecule has 0 aliphatic heterocycles. The van der Waals surface area contributed by atoms with Crippen LogP contribution in [0.3, 0.4) is 0 Å². The van der Waals surface area contributed by atoms with E-state index in [1.807, 2.05) is 12.1 Å². The smallest absolute Gasteiger partial charge is 0.238 e. The maximum Gasteiger partial charge on any atom is 0.238 e. The van der Waals surface area contributed by atoms with E-state index in [0.717, 1.165) is 25.7 Å². The van der Waals surface area contributed by atoms with E-state index in [4.69, 9.17) is 5.73 Å². The summed E-state index contributed by atoms with van der Waals surface area (Å²) in [7, 11) is 0. The molecule has 2 rings (SSSR count). The number of amides is 2. The lowest BCUT2D eigenvalue weighted by Crippen LogP contribution is -2.26. The summed E-state index contributed by atoms with van der Waals surface area (Å²) in [6.45, 7) is -0.0785. The van der Waals surface area contributed by atoms with Crippen LogP contribution >= 0.6 is 0 Å². The average Bonchev–Trinajstić information content (AvgIpc) is 2.50. The molecule has 108 valence electrons. The van der Waals surface area contributed by atoms with Gasteiger partial charge in [0.25, 0.3) is 0 Å². The van der Waals surface area contributed by atoms with Crippen molar-refractivity contribution in [2.24, 2.45) is 11.7 Å². The highest BCUT2D eigenvalue weighted by molar-refractivity contribution is 6.00. The first-order valence-electron chi connectivity index (χ1n) is 7.10. The van der Waals surface area contributed by atoms with Gasteiger partial charge in [-0.2, -0.15) is 0 Å². The Bertz CT molecular complexity index is 482. The van der Waals surface area contributed by atoms with Crippen molar-refractivity contribution in [2.45, 2.75) is 32.1 Å². The second kappa shape index (κ2) is 7.05. The van der Waals surface area contributed by atoms with Crippen molar-refractivity contribution in [3.63, 3.8) is 0 Å². The van der Waals surface area contributed by atoms with Crippen LogP contribution in [0, 0.1) is 5.92 Å². The van der Waals surface area contributed by atoms with Crippen molar-refractivity contribution in [1.82, 2.24) is 0 Å². The van der Waals surface area contributed by atoms with E-state index in [-0.39, 0.29) is 24.3 Å². The van der Waals surface area contributed by atoms with E-state index in [1.54, 1.807) is 12.1 Å². The summed E-state index contributed by atoms with van der Waals surface area (Å²) in [5.74, 6) is -0.148. The number of hydrogen-bond acceptors (Lipinski definition) is 3. The molecule has 1 aromatic rings. The number of benzene rings is 1. The van der Waals surface area contributed by atoms with Crippen LogP contribution in [0.5, 0.6) is 0 Å². The van der Waals surface area contributed by atoms with E-state index in [2.05, 4.69) is 10.6 Å². The van der Waals surface area contributed by atoms with Gasteiger partial charge in [-0.05, 0) is 25.0 Å². The van der Waals surface area contributed by atoms with Crippen molar-refractivity contribution in [3.8, 4) is 0 Å². The zero-order valence-electron chi connectivity index (χ0n) is 11.5. The zero-order valence-corrected chi connectivity index (χ0v) is 11.5. The molecule has 1 aliphatic carbocycles. The van der Waals surface area contributed by atoms with E-state index >= 15 is 0 Å². The van der Waals surface area contributed by atoms with Gasteiger partial charge >= 0.3 is 0 Å². The van der Waals surface area contributed by atoms with Gasteiger partial charge in [0.2, 0.25) is 11.8 Å². The number of para-hydroxylation sites is 2. The molecule has 1 aliphatic rings. The number of carbonyl (C=O) groups excluding carboxylic acids is 2. The molecule has 4 N–H and O–H groups in total. The largest absolute Gasteiger partial charge is 0.324 e. The minimum absolute atomic E-state index is 0.0409. The first-order chi connectivity index (χ1) is 9.70. The van der Waals surface area contributed by atoms with Crippen LogP contribution in [-0.2, 0) is 9.59 Å². The van der Waals surface area contributed by atoms with Crippen LogP contribution in [0.1, 0.15) is 32.1 Å². The summed E-state index contributed by atoms with van der Waals surface area (Å²) in [6.07, 6.45) is 5.34. The third kappa shape index (κ3) is 3.81. The second-order valence-corrected chi connectivity index (χ2v) is 5.12. The van der Waals surface area contributed by atoms with Gasteiger partial charge in [-0.25, -0.2) is 0 Å². The molecule has 0 saturated heterocycles. The molecule has 2 amide bonds. The maximum absolute atomic E-state index is 12.2. The van der Waals surface area contributed by atoms with Crippen molar-refractivity contribution in [2.75, 3.05) is 17.2 Å². The van der Waals surface area contributed by atoms with Gasteiger partial charge in [-0.3, -0.25) is 9.59 Å². The fourth-order valence-electron chi connectivity index (χ4n) is 2.50. The monoisotopic (exact) mass is 275 g/mol. The molecule has 5 nitrogen and oxygen atoms in total. The molecular formula is C15H21N3O2. The van der Waals surface area contributed by atoms with E-state index in [0.29, 0.717) is 11.4 Å². The van der Waals surface area contributed by atoms with Crippen molar-refractivity contribution in [1.29, 1.82) is 0 Å². The minimum Gasteiger partial charge on any atom is -0.324 e. The zero-order chi connectivity index (χ0) is 14.4. The lowest BCUT2D eigenvalue weighted by atomic mass is 9.88. The summed E-state index contributed by atoms with van der Waals surface area (Å²) >= 11 is 0. The molecule has 1 fully saturated rings. The van der Waals surface area contributed by atoms with Crippen LogP contribution < -0.4 is 16.4 Å². The number of nitrogens with one attached hydrogen (secondary N) is 2. The van der Waals surface area contributed by atoms with Crippen LogP contribution in [0.15, 0.2) is 24.3 Å². The van der Waals surface area contributed by atoms with Gasteiger partial charge in [-0.1, -0.05) is 31.4 Å². The molecular weight excluding hydrogens is 254 g/mol. The molecule has 0 unspecified atom stereocenters. The van der Waals surface area contributed by atoms with E-state index < -0.39 is 0 Å². The Hall–Kier alpha value is -1.88. The third-order valence-corrected chi connectivity index (χ3v) is 3.62. The summed E-state index contributed by atoms with van der Waals surface area (Å²) in [5, 5.41) is 5.61. The fraction of sp³-hybridized carbons (Fsp3) is 0.467. The predicted molar refractivity (Wildman–Crippen MR) is 79.3 cm³/mol. The molecule has 0 radical (unpaired) electrons. The molecule has 0 aromatic heterocycles. The second-order valence-electron chi connectivity index (χ2n) is 5.12. The molecule has 0 bridgehead atoms. The Morgan fingerprint density at radius 3 is 2.25 bits per heavy atom. The fourth-order valence-corrected chi connectivity index (χ4v) is 2.50. The Morgan fingerprint density at radius 2 is 1.65 bits per heavy atom. The van der Waals surface area contributed by atoms with Crippen molar-refractivity contribution < 1.29 is 9.59 Å². The van der Waals surface area contributed by atoms with Crippen molar-refractivity contribution in [3.05, 3.63) is 24.3 Å². The summed E-state index contributed by atoms with van der Waals surface area (Å²) in [6, 6.07) is 7.17. The highest BCUT2D eigenvalue weighted by Gasteiger charge is 2.21. The minimum atomic E-state index is -0.274. The molecule has 0 heterocycles. The highest BCUT2D eigenvalue weighted by Crippen LogP contribution is 2.27. The first kappa shape index (κ1) is 14.5. The quantitative estimate of drug-likeness (QED) is 0.786. The molecule has 20 heavy (non-hydrogen) atoms. The molecule has 1 aromatic carbocycles. The van der Waals surface area contributed by atoms with Gasteiger partial charge in [0.05, 0.1) is 17.9 Å². The predicted octanol–water partition coefficient (Wildman–Crippen LogP) is 2.10. The third-order valence-electron chi connectivity index (χ3n) is 3.62. The van der Waals surface area contributed by atoms with Gasteiger partial charge < -0.3 is 16.4 Å². The highest BCUT2D eigenvalue weighted by atomic mass is 16.2. The number of hydrogen-bond donors (Lipinski definition) is 3. The molecule has 1 saturated carbocycles. The number of nitrogens with two attached hydrogens (primary N) is 1. The van der Waals surface area contributed by atoms with E-state index in [9.17, 15) is 9.59 Å². The van der Waals surface area contributed by atoms with Gasteiger partial charge in [-0.15, -0.1) is 0 Å². The Labute approximate surface area is 118 Å². The average molecular weight is 275 g/mol. The molecule has 0 atom stereocenters. The number of carbonyl (C=O) groups is 2. The Morgan fingerprint density at radius 1 is 1.05 bits per heavy atom. The summed E-state index contributed by atoms with van der Waals surface area (Å²) in [4.78, 5) is 23.6. The van der Waals surface area contributed by atoms with Crippen LogP contribution in [0.2, 0.25) is 0 Å². The first-order valence-corrected chi connectivity index (χ1v) is 7.10. The lowest BCUT2D eigenvalue weighted by molar-refractivity contribution is -0.120. The van der Waals surface area contributed by atoms with Gasteiger partial charge in [0.15, 0.2) is 0 Å². The number of anilines is 2. The normalized spacial score (nSPS) is 15.7. The SMILES string of the molecule is NCC(=O)Nc1ccccc1NC(=O)C1CCCCC1. The topological polar surface area (TPSA) is 84.2 Å². The Kier molecular flexibility index (Phi) is 5.12. The van der Waals surface area contributed by atoms with Crippen molar-refractivity contribution >= 4 is 23.2 Å². The maximum atomic E-state index is 12.2. The van der Waals surface area contributed by atoms with Crippen LogP contribution in [0.4, 0.5) is 11.4 Å². The van der Waals surface area contributed by atoms with E-state index in [1.165, 1.54) is 6.42 Å². The van der Waals surface area contributed by atoms with Crippen LogP contribution in [-0.4, -0.2) is 18.4 Å². The molecule has 0 spiro atoms.